The van der Waals surface area contributed by atoms with Gasteiger partial charge in [0.25, 0.3) is 11.7 Å². The summed E-state index contributed by atoms with van der Waals surface area (Å²) in [6.07, 6.45) is 0. The maximum atomic E-state index is 13.2. The van der Waals surface area contributed by atoms with Gasteiger partial charge in [-0.15, -0.1) is 0 Å². The van der Waals surface area contributed by atoms with Gasteiger partial charge in [-0.25, -0.2) is 0 Å². The highest BCUT2D eigenvalue weighted by Crippen LogP contribution is 2.40. The summed E-state index contributed by atoms with van der Waals surface area (Å²) in [6.45, 7) is 8.71. The molecule has 0 bridgehead atoms. The number of Topliss-reactive ketones (excluding diaryl/α,β-unsaturated/α-hetero) is 1. The molecule has 1 atom stereocenters. The number of likely N-dealkylation sites (N-methyl/N-ethyl adjacent to an activating group) is 1. The zero-order chi connectivity index (χ0) is 23.4. The highest BCUT2D eigenvalue weighted by Gasteiger charge is 2.46. The van der Waals surface area contributed by atoms with E-state index < -0.39 is 17.7 Å². The van der Waals surface area contributed by atoms with Crippen LogP contribution < -0.4 is 4.74 Å². The molecule has 0 spiro atoms. The van der Waals surface area contributed by atoms with Crippen LogP contribution in [-0.2, 0) is 9.59 Å². The van der Waals surface area contributed by atoms with Crippen molar-refractivity contribution < 1.29 is 19.4 Å². The molecular weight excluding hydrogens is 472 g/mol. The Labute approximate surface area is 197 Å². The average molecular weight is 501 g/mol. The molecule has 1 fully saturated rings. The zero-order valence-corrected chi connectivity index (χ0v) is 20.5. The number of halogens is 1. The number of carbonyl (C=O) groups is 2. The number of aliphatic hydroxyl groups is 1. The van der Waals surface area contributed by atoms with Crippen LogP contribution in [0.25, 0.3) is 5.76 Å². The van der Waals surface area contributed by atoms with Gasteiger partial charge in [0.2, 0.25) is 0 Å². The first-order valence-electron chi connectivity index (χ1n) is 10.7. The summed E-state index contributed by atoms with van der Waals surface area (Å²) in [6, 6.07) is 12.1. The number of likely N-dealkylation sites (tertiary alicyclic amines) is 1. The van der Waals surface area contributed by atoms with Crippen LogP contribution in [0.1, 0.15) is 36.6 Å². The van der Waals surface area contributed by atoms with Crippen LogP contribution in [0.2, 0.25) is 0 Å². The van der Waals surface area contributed by atoms with Gasteiger partial charge in [-0.2, -0.15) is 0 Å². The van der Waals surface area contributed by atoms with Crippen LogP contribution in [0.4, 0.5) is 0 Å². The van der Waals surface area contributed by atoms with E-state index in [-0.39, 0.29) is 11.3 Å². The molecular formula is C25H29BrN2O4. The van der Waals surface area contributed by atoms with Gasteiger partial charge in [0.1, 0.15) is 11.5 Å². The molecule has 6 nitrogen and oxygen atoms in total. The van der Waals surface area contributed by atoms with Crippen molar-refractivity contribution in [3.05, 3.63) is 69.2 Å². The molecule has 1 aliphatic heterocycles. The number of methoxy groups -OCH3 is 1. The molecule has 32 heavy (non-hydrogen) atoms. The lowest BCUT2D eigenvalue weighted by atomic mass is 9.94. The summed E-state index contributed by atoms with van der Waals surface area (Å²) in [5, 5.41) is 11.3. The fourth-order valence-corrected chi connectivity index (χ4v) is 4.51. The summed E-state index contributed by atoms with van der Waals surface area (Å²) in [5.74, 6) is -0.766. The van der Waals surface area contributed by atoms with Crippen molar-refractivity contribution in [3.8, 4) is 5.75 Å². The molecule has 2 aromatic carbocycles. The Morgan fingerprint density at radius 1 is 1.16 bits per heavy atom. The van der Waals surface area contributed by atoms with Crippen molar-refractivity contribution in [2.45, 2.75) is 26.8 Å². The normalized spacial score (nSPS) is 17.9. The highest BCUT2D eigenvalue weighted by atomic mass is 79.9. The summed E-state index contributed by atoms with van der Waals surface area (Å²) in [5.41, 5.74) is 2.14. The van der Waals surface area contributed by atoms with Crippen molar-refractivity contribution in [2.24, 2.45) is 0 Å². The molecule has 1 saturated heterocycles. The van der Waals surface area contributed by atoms with Gasteiger partial charge in [0.15, 0.2) is 0 Å². The number of carbonyl (C=O) groups excluding carboxylic acids is 2. The van der Waals surface area contributed by atoms with E-state index >= 15 is 0 Å². The Kier molecular flexibility index (Phi) is 7.74. The lowest BCUT2D eigenvalue weighted by Gasteiger charge is -2.28. The van der Waals surface area contributed by atoms with Gasteiger partial charge >= 0.3 is 0 Å². The van der Waals surface area contributed by atoms with Crippen LogP contribution in [0.15, 0.2) is 52.5 Å². The van der Waals surface area contributed by atoms with E-state index in [4.69, 9.17) is 4.74 Å². The van der Waals surface area contributed by atoms with Crippen molar-refractivity contribution >= 4 is 33.4 Å². The molecule has 1 amide bonds. The monoisotopic (exact) mass is 500 g/mol. The number of benzene rings is 2. The number of rotatable bonds is 8. The second-order valence-corrected chi connectivity index (χ2v) is 8.67. The standard InChI is InChI=1S/C25H29BrN2O4/c1-5-27(6-2)12-13-28-22(17-8-7-9-18(26)15-17)21(24(30)25(28)31)23(29)20-11-10-19(32-4)14-16(20)3/h7-11,14-15,22,29H,5-6,12-13H2,1-4H3/b23-21+. The molecule has 0 aliphatic carbocycles. The molecule has 7 heteroatoms. The predicted octanol–water partition coefficient (Wildman–Crippen LogP) is 4.53. The Bertz CT molecular complexity index is 1050. The molecule has 2 aromatic rings. The smallest absolute Gasteiger partial charge is 0.295 e. The largest absolute Gasteiger partial charge is 0.507 e. The van der Waals surface area contributed by atoms with Gasteiger partial charge in [-0.1, -0.05) is 41.9 Å². The minimum Gasteiger partial charge on any atom is -0.507 e. The molecule has 3 rings (SSSR count). The fourth-order valence-electron chi connectivity index (χ4n) is 4.10. The van der Waals surface area contributed by atoms with Crippen LogP contribution in [-0.4, -0.2) is 59.9 Å². The summed E-state index contributed by atoms with van der Waals surface area (Å²) < 4.78 is 6.09. The number of amides is 1. The van der Waals surface area contributed by atoms with Crippen LogP contribution in [0.3, 0.4) is 0 Å². The van der Waals surface area contributed by atoms with E-state index in [9.17, 15) is 14.7 Å². The summed E-state index contributed by atoms with van der Waals surface area (Å²) in [4.78, 5) is 30.0. The van der Waals surface area contributed by atoms with Gasteiger partial charge in [0, 0.05) is 23.1 Å². The third-order valence-electron chi connectivity index (χ3n) is 5.94. The summed E-state index contributed by atoms with van der Waals surface area (Å²) in [7, 11) is 1.57. The van der Waals surface area contributed by atoms with E-state index in [1.54, 1.807) is 30.2 Å². The Morgan fingerprint density at radius 3 is 2.47 bits per heavy atom. The Balaban J connectivity index is 2.13. The van der Waals surface area contributed by atoms with Gasteiger partial charge < -0.3 is 19.6 Å². The van der Waals surface area contributed by atoms with E-state index in [1.807, 2.05) is 31.2 Å². The maximum absolute atomic E-state index is 13.2. The topological polar surface area (TPSA) is 70.1 Å². The number of hydrogen-bond donors (Lipinski definition) is 1. The van der Waals surface area contributed by atoms with Crippen molar-refractivity contribution in [3.63, 3.8) is 0 Å². The number of ether oxygens (including phenoxy) is 1. The molecule has 0 radical (unpaired) electrons. The van der Waals surface area contributed by atoms with Crippen LogP contribution in [0.5, 0.6) is 5.75 Å². The van der Waals surface area contributed by atoms with Crippen LogP contribution >= 0.6 is 15.9 Å². The van der Waals surface area contributed by atoms with Gasteiger partial charge in [-0.3, -0.25) is 9.59 Å². The third-order valence-corrected chi connectivity index (χ3v) is 6.44. The second-order valence-electron chi connectivity index (χ2n) is 7.76. The summed E-state index contributed by atoms with van der Waals surface area (Å²) >= 11 is 3.48. The zero-order valence-electron chi connectivity index (χ0n) is 18.9. The SMILES string of the molecule is CCN(CC)CCN1C(=O)C(=O)/C(=C(/O)c2ccc(OC)cc2C)C1c1cccc(Br)c1. The van der Waals surface area contributed by atoms with E-state index in [1.165, 1.54) is 0 Å². The number of hydrogen-bond acceptors (Lipinski definition) is 5. The quantitative estimate of drug-likeness (QED) is 0.327. The first kappa shape index (κ1) is 24.0. The number of aryl methyl sites for hydroxylation is 1. The average Bonchev–Trinajstić information content (AvgIpc) is 3.04. The van der Waals surface area contributed by atoms with E-state index in [0.29, 0.717) is 24.4 Å². The molecule has 0 saturated carbocycles. The van der Waals surface area contributed by atoms with E-state index in [0.717, 1.165) is 28.7 Å². The second kappa shape index (κ2) is 10.3. The molecule has 1 N–H and O–H groups in total. The molecule has 1 aliphatic rings. The van der Waals surface area contributed by atoms with Gasteiger partial charge in [-0.05, 0) is 61.5 Å². The lowest BCUT2D eigenvalue weighted by molar-refractivity contribution is -0.140. The first-order chi connectivity index (χ1) is 15.3. The maximum Gasteiger partial charge on any atom is 0.295 e. The Hall–Kier alpha value is -2.64. The molecule has 170 valence electrons. The lowest BCUT2D eigenvalue weighted by Crippen LogP contribution is -2.38. The fraction of sp³-hybridized carbons (Fsp3) is 0.360. The van der Waals surface area contributed by atoms with Crippen molar-refractivity contribution in [1.82, 2.24) is 9.80 Å². The molecule has 1 unspecified atom stereocenters. The Morgan fingerprint density at radius 2 is 1.88 bits per heavy atom. The van der Waals surface area contributed by atoms with Gasteiger partial charge in [0.05, 0.1) is 18.7 Å². The molecule has 1 heterocycles. The number of aliphatic hydroxyl groups excluding tert-OH is 1. The predicted molar refractivity (Wildman–Crippen MR) is 129 cm³/mol. The molecule has 0 aromatic heterocycles. The highest BCUT2D eigenvalue weighted by molar-refractivity contribution is 9.10. The minimum atomic E-state index is -0.665. The van der Waals surface area contributed by atoms with Crippen molar-refractivity contribution in [1.29, 1.82) is 0 Å². The van der Waals surface area contributed by atoms with E-state index in [2.05, 4.69) is 34.7 Å². The minimum absolute atomic E-state index is 0.112. The first-order valence-corrected chi connectivity index (χ1v) is 11.5. The number of nitrogens with zero attached hydrogens (tertiary/aromatic N) is 2. The third kappa shape index (κ3) is 4.74. The number of ketones is 1. The van der Waals surface area contributed by atoms with Crippen LogP contribution in [0, 0.1) is 6.92 Å². The van der Waals surface area contributed by atoms with Crippen molar-refractivity contribution in [2.75, 3.05) is 33.3 Å².